The van der Waals surface area contributed by atoms with Gasteiger partial charge >= 0.3 is 5.97 Å². The van der Waals surface area contributed by atoms with Crippen molar-refractivity contribution in [3.63, 3.8) is 0 Å². The lowest BCUT2D eigenvalue weighted by atomic mass is 10.1. The Labute approximate surface area is 162 Å². The second-order valence-corrected chi connectivity index (χ2v) is 6.41. The maximum atomic E-state index is 11.5. The largest absolute Gasteiger partial charge is 0.493 e. The molecule has 1 aromatic heterocycles. The van der Waals surface area contributed by atoms with Gasteiger partial charge in [-0.15, -0.1) is 5.10 Å². The summed E-state index contributed by atoms with van der Waals surface area (Å²) in [5, 5.41) is 9.05. The smallest absolute Gasteiger partial charge is 0.337 e. The molecule has 0 saturated heterocycles. The van der Waals surface area contributed by atoms with E-state index in [1.54, 1.807) is 16.8 Å². The summed E-state index contributed by atoms with van der Waals surface area (Å²) in [6.07, 6.45) is 2.77. The Morgan fingerprint density at radius 3 is 2.67 bits per heavy atom. The molecule has 2 aromatic carbocycles. The minimum atomic E-state index is -0.370. The molecular weight excluding hydrogens is 366 g/mol. The minimum Gasteiger partial charge on any atom is -0.493 e. The molecular formula is C20H20ClN3O3. The maximum absolute atomic E-state index is 11.5. The fourth-order valence-corrected chi connectivity index (χ4v) is 2.80. The first-order chi connectivity index (χ1) is 13.1. The highest BCUT2D eigenvalue weighted by molar-refractivity contribution is 6.30. The van der Waals surface area contributed by atoms with Gasteiger partial charge in [-0.1, -0.05) is 35.9 Å². The van der Waals surface area contributed by atoms with E-state index in [2.05, 4.69) is 17.2 Å². The number of hydrogen-bond donors (Lipinski definition) is 0. The highest BCUT2D eigenvalue weighted by atomic mass is 35.5. The standard InChI is InChI=1S/C20H20ClN3O3/c1-3-10-27-19-9-8-17(21)11-16(19)12-24-13-18(22-23-24)14-4-6-15(7-5-14)20(25)26-2/h4-9,11,13H,3,10,12H2,1-2H3. The highest BCUT2D eigenvalue weighted by Gasteiger charge is 2.10. The lowest BCUT2D eigenvalue weighted by molar-refractivity contribution is 0.0601. The summed E-state index contributed by atoms with van der Waals surface area (Å²) in [4.78, 5) is 11.5. The van der Waals surface area contributed by atoms with Crippen LogP contribution in [0, 0.1) is 0 Å². The van der Waals surface area contributed by atoms with E-state index in [1.807, 2.05) is 36.5 Å². The van der Waals surface area contributed by atoms with Gasteiger partial charge in [0.25, 0.3) is 0 Å². The first kappa shape index (κ1) is 18.9. The molecule has 0 spiro atoms. The molecule has 27 heavy (non-hydrogen) atoms. The normalized spacial score (nSPS) is 10.6. The summed E-state index contributed by atoms with van der Waals surface area (Å²) >= 11 is 6.13. The van der Waals surface area contributed by atoms with Crippen molar-refractivity contribution in [2.75, 3.05) is 13.7 Å². The first-order valence-electron chi connectivity index (χ1n) is 8.61. The van der Waals surface area contributed by atoms with E-state index in [-0.39, 0.29) is 5.97 Å². The number of halogens is 1. The second-order valence-electron chi connectivity index (χ2n) is 5.97. The predicted octanol–water partition coefficient (Wildman–Crippen LogP) is 4.22. The van der Waals surface area contributed by atoms with Gasteiger partial charge in [0.15, 0.2) is 0 Å². The predicted molar refractivity (Wildman–Crippen MR) is 103 cm³/mol. The van der Waals surface area contributed by atoms with Gasteiger partial charge in [-0.05, 0) is 36.8 Å². The van der Waals surface area contributed by atoms with Crippen LogP contribution in [0.4, 0.5) is 0 Å². The number of nitrogens with zero attached hydrogens (tertiary/aromatic N) is 3. The number of carbonyl (C=O) groups excluding carboxylic acids is 1. The molecule has 7 heteroatoms. The Morgan fingerprint density at radius 1 is 1.19 bits per heavy atom. The number of methoxy groups -OCH3 is 1. The van der Waals surface area contributed by atoms with Crippen LogP contribution in [0.15, 0.2) is 48.7 Å². The van der Waals surface area contributed by atoms with Crippen LogP contribution in [0.3, 0.4) is 0 Å². The fourth-order valence-electron chi connectivity index (χ4n) is 2.60. The lowest BCUT2D eigenvalue weighted by Gasteiger charge is -2.11. The van der Waals surface area contributed by atoms with Gasteiger partial charge in [0.05, 0.1) is 32.0 Å². The molecule has 6 nitrogen and oxygen atoms in total. The summed E-state index contributed by atoms with van der Waals surface area (Å²) in [6.45, 7) is 3.20. The topological polar surface area (TPSA) is 66.2 Å². The van der Waals surface area contributed by atoms with Crippen LogP contribution in [0.1, 0.15) is 29.3 Å². The van der Waals surface area contributed by atoms with Crippen molar-refractivity contribution in [2.24, 2.45) is 0 Å². The molecule has 0 saturated carbocycles. The molecule has 0 atom stereocenters. The number of carbonyl (C=O) groups is 1. The van der Waals surface area contributed by atoms with E-state index in [0.29, 0.717) is 29.4 Å². The average Bonchev–Trinajstić information content (AvgIpc) is 3.15. The van der Waals surface area contributed by atoms with Gasteiger partial charge < -0.3 is 9.47 Å². The zero-order valence-corrected chi connectivity index (χ0v) is 15.9. The van der Waals surface area contributed by atoms with Crippen molar-refractivity contribution in [1.29, 1.82) is 0 Å². The Morgan fingerprint density at radius 2 is 1.96 bits per heavy atom. The monoisotopic (exact) mass is 385 g/mol. The van der Waals surface area contributed by atoms with Crippen molar-refractivity contribution >= 4 is 17.6 Å². The molecule has 0 fully saturated rings. The molecule has 140 valence electrons. The molecule has 3 rings (SSSR count). The second kappa shape index (κ2) is 8.68. The minimum absolute atomic E-state index is 0.370. The quantitative estimate of drug-likeness (QED) is 0.569. The zero-order valence-electron chi connectivity index (χ0n) is 15.2. The highest BCUT2D eigenvalue weighted by Crippen LogP contribution is 2.25. The van der Waals surface area contributed by atoms with Crippen LogP contribution in [0.5, 0.6) is 5.75 Å². The molecule has 0 radical (unpaired) electrons. The van der Waals surface area contributed by atoms with E-state index in [9.17, 15) is 4.79 Å². The van der Waals surface area contributed by atoms with Gasteiger partial charge in [-0.3, -0.25) is 0 Å². The summed E-state index contributed by atoms with van der Waals surface area (Å²) in [5.74, 6) is 0.423. The van der Waals surface area contributed by atoms with Gasteiger partial charge in [0, 0.05) is 16.1 Å². The third-order valence-electron chi connectivity index (χ3n) is 3.96. The summed E-state index contributed by atoms with van der Waals surface area (Å²) in [6, 6.07) is 12.6. The van der Waals surface area contributed by atoms with Crippen molar-refractivity contribution < 1.29 is 14.3 Å². The first-order valence-corrected chi connectivity index (χ1v) is 8.98. The van der Waals surface area contributed by atoms with E-state index in [1.165, 1.54) is 7.11 Å². The third kappa shape index (κ3) is 4.65. The SMILES string of the molecule is CCCOc1ccc(Cl)cc1Cn1cc(-c2ccc(C(=O)OC)cc2)nn1. The van der Waals surface area contributed by atoms with Gasteiger partial charge in [0.1, 0.15) is 11.4 Å². The van der Waals surface area contributed by atoms with Gasteiger partial charge in [-0.25, -0.2) is 9.48 Å². The molecule has 0 amide bonds. The Hall–Kier alpha value is -2.86. The number of aromatic nitrogens is 3. The van der Waals surface area contributed by atoms with E-state index in [4.69, 9.17) is 21.1 Å². The molecule has 0 unspecified atom stereocenters. The van der Waals surface area contributed by atoms with Crippen LogP contribution in [-0.4, -0.2) is 34.7 Å². The van der Waals surface area contributed by atoms with Crippen LogP contribution in [0.25, 0.3) is 11.3 Å². The van der Waals surface area contributed by atoms with Crippen LogP contribution in [0.2, 0.25) is 5.02 Å². The van der Waals surface area contributed by atoms with E-state index >= 15 is 0 Å². The summed E-state index contributed by atoms with van der Waals surface area (Å²) in [7, 11) is 1.36. The van der Waals surface area contributed by atoms with Crippen LogP contribution in [-0.2, 0) is 11.3 Å². The molecule has 0 aliphatic rings. The van der Waals surface area contributed by atoms with Crippen molar-refractivity contribution in [2.45, 2.75) is 19.9 Å². The van der Waals surface area contributed by atoms with Crippen LogP contribution >= 0.6 is 11.6 Å². The number of ether oxygens (including phenoxy) is 2. The van der Waals surface area contributed by atoms with Crippen LogP contribution < -0.4 is 4.74 Å². The Kier molecular flexibility index (Phi) is 6.08. The Bertz CT molecular complexity index is 922. The molecule has 1 heterocycles. The van der Waals surface area contributed by atoms with Crippen molar-refractivity contribution in [1.82, 2.24) is 15.0 Å². The number of esters is 1. The number of benzene rings is 2. The summed E-state index contributed by atoms with van der Waals surface area (Å²) < 4.78 is 12.2. The molecule has 0 aliphatic heterocycles. The third-order valence-corrected chi connectivity index (χ3v) is 4.19. The molecule has 0 bridgehead atoms. The molecule has 0 N–H and O–H groups in total. The maximum Gasteiger partial charge on any atom is 0.337 e. The Balaban J connectivity index is 1.78. The molecule has 0 aliphatic carbocycles. The van der Waals surface area contributed by atoms with E-state index in [0.717, 1.165) is 23.3 Å². The van der Waals surface area contributed by atoms with Crippen molar-refractivity contribution in [3.05, 3.63) is 64.8 Å². The van der Waals surface area contributed by atoms with Gasteiger partial charge in [0.2, 0.25) is 0 Å². The fraction of sp³-hybridized carbons (Fsp3) is 0.250. The number of hydrogen-bond acceptors (Lipinski definition) is 5. The average molecular weight is 386 g/mol. The van der Waals surface area contributed by atoms with Gasteiger partial charge in [-0.2, -0.15) is 0 Å². The number of rotatable bonds is 7. The zero-order chi connectivity index (χ0) is 19.2. The summed E-state index contributed by atoms with van der Waals surface area (Å²) in [5.41, 5.74) is 3.01. The lowest BCUT2D eigenvalue weighted by Crippen LogP contribution is -2.04. The van der Waals surface area contributed by atoms with Crippen molar-refractivity contribution in [3.8, 4) is 17.0 Å². The molecule has 3 aromatic rings. The van der Waals surface area contributed by atoms with E-state index < -0.39 is 0 Å².